The number of hydrogen-bond donors (Lipinski definition) is 2. The molecule has 0 saturated heterocycles. The molecule has 0 bridgehead atoms. The molecule has 0 aromatic heterocycles. The third kappa shape index (κ3) is 6.72. The van der Waals surface area contributed by atoms with Gasteiger partial charge in [0, 0.05) is 6.04 Å². The number of ether oxygens (including phenoxy) is 1. The molecule has 38 heavy (non-hydrogen) atoms. The van der Waals surface area contributed by atoms with Gasteiger partial charge in [0.2, 0.25) is 5.91 Å². The van der Waals surface area contributed by atoms with Gasteiger partial charge in [0.25, 0.3) is 15.9 Å². The third-order valence-electron chi connectivity index (χ3n) is 6.44. The van der Waals surface area contributed by atoms with Crippen LogP contribution in [0.25, 0.3) is 0 Å². The van der Waals surface area contributed by atoms with Crippen molar-refractivity contribution < 1.29 is 22.7 Å². The number of benzene rings is 3. The lowest BCUT2D eigenvalue weighted by Gasteiger charge is -2.25. The third-order valence-corrected chi connectivity index (χ3v) is 8.23. The number of sulfonamides is 1. The molecule has 200 valence electrons. The Bertz CT molecular complexity index is 1340. The lowest BCUT2D eigenvalue weighted by Crippen LogP contribution is -2.39. The van der Waals surface area contributed by atoms with Gasteiger partial charge in [-0.2, -0.15) is 0 Å². The molecule has 0 heterocycles. The van der Waals surface area contributed by atoms with Gasteiger partial charge in [-0.3, -0.25) is 13.9 Å². The lowest BCUT2D eigenvalue weighted by atomic mass is 9.95. The molecular formula is C29H33N3O5S. The van der Waals surface area contributed by atoms with Crippen LogP contribution in [0.2, 0.25) is 0 Å². The lowest BCUT2D eigenvalue weighted by molar-refractivity contribution is -0.114. The monoisotopic (exact) mass is 535 g/mol. The fourth-order valence-electron chi connectivity index (χ4n) is 4.53. The van der Waals surface area contributed by atoms with Gasteiger partial charge in [-0.15, -0.1) is 0 Å². The van der Waals surface area contributed by atoms with Crippen LogP contribution in [0.4, 0.5) is 11.4 Å². The molecule has 0 atom stereocenters. The molecule has 2 amide bonds. The highest BCUT2D eigenvalue weighted by molar-refractivity contribution is 7.92. The zero-order valence-electron chi connectivity index (χ0n) is 21.4. The number of nitrogens with zero attached hydrogens (tertiary/aromatic N) is 1. The highest BCUT2D eigenvalue weighted by Crippen LogP contribution is 2.26. The van der Waals surface area contributed by atoms with E-state index in [0.717, 1.165) is 30.0 Å². The maximum Gasteiger partial charge on any atom is 0.264 e. The number of hydrogen-bond acceptors (Lipinski definition) is 5. The first-order valence-electron chi connectivity index (χ1n) is 12.9. The van der Waals surface area contributed by atoms with E-state index in [4.69, 9.17) is 4.74 Å². The maximum atomic E-state index is 13.6. The van der Waals surface area contributed by atoms with Crippen LogP contribution < -0.4 is 19.7 Å². The van der Waals surface area contributed by atoms with Crippen molar-refractivity contribution in [2.45, 2.75) is 50.0 Å². The molecule has 0 unspecified atom stereocenters. The number of para-hydroxylation sites is 2. The molecule has 8 nitrogen and oxygen atoms in total. The number of carbonyl (C=O) groups is 2. The SMILES string of the molecule is CCOc1ccc(S(=O)(=O)N(CC(=O)Nc2ccccc2C(=O)NC2CCCCC2)c2ccccc2)cc1. The number of amides is 2. The molecule has 0 radical (unpaired) electrons. The second-order valence-electron chi connectivity index (χ2n) is 9.15. The molecule has 1 aliphatic rings. The Labute approximate surface area is 224 Å². The Kier molecular flexibility index (Phi) is 9.02. The Morgan fingerprint density at radius 2 is 1.55 bits per heavy atom. The average Bonchev–Trinajstić information content (AvgIpc) is 2.93. The normalized spacial score (nSPS) is 13.9. The molecule has 3 aromatic rings. The van der Waals surface area contributed by atoms with E-state index in [0.29, 0.717) is 29.3 Å². The fourth-order valence-corrected chi connectivity index (χ4v) is 5.95. The van der Waals surface area contributed by atoms with Gasteiger partial charge in [-0.25, -0.2) is 8.42 Å². The first-order valence-corrected chi connectivity index (χ1v) is 14.3. The van der Waals surface area contributed by atoms with E-state index >= 15 is 0 Å². The highest BCUT2D eigenvalue weighted by Gasteiger charge is 2.28. The second kappa shape index (κ2) is 12.6. The van der Waals surface area contributed by atoms with Gasteiger partial charge < -0.3 is 15.4 Å². The molecule has 1 saturated carbocycles. The summed E-state index contributed by atoms with van der Waals surface area (Å²) in [4.78, 5) is 26.2. The van der Waals surface area contributed by atoms with Crippen molar-refractivity contribution in [3.8, 4) is 5.75 Å². The van der Waals surface area contributed by atoms with Crippen molar-refractivity contribution in [3.63, 3.8) is 0 Å². The molecular weight excluding hydrogens is 502 g/mol. The van der Waals surface area contributed by atoms with Crippen molar-refractivity contribution in [1.29, 1.82) is 0 Å². The Morgan fingerprint density at radius 1 is 0.895 bits per heavy atom. The summed E-state index contributed by atoms with van der Waals surface area (Å²) in [5.74, 6) is -0.269. The molecule has 9 heteroatoms. The summed E-state index contributed by atoms with van der Waals surface area (Å²) in [6.07, 6.45) is 5.23. The van der Waals surface area contributed by atoms with Crippen LogP contribution >= 0.6 is 0 Å². The first-order chi connectivity index (χ1) is 18.4. The van der Waals surface area contributed by atoms with E-state index in [1.807, 2.05) is 6.92 Å². The topological polar surface area (TPSA) is 105 Å². The van der Waals surface area contributed by atoms with E-state index in [2.05, 4.69) is 10.6 Å². The minimum Gasteiger partial charge on any atom is -0.494 e. The average molecular weight is 536 g/mol. The summed E-state index contributed by atoms with van der Waals surface area (Å²) in [6.45, 7) is 1.83. The van der Waals surface area contributed by atoms with Crippen molar-refractivity contribution in [2.24, 2.45) is 0 Å². The van der Waals surface area contributed by atoms with Gasteiger partial charge in [0.05, 0.1) is 28.4 Å². The molecule has 1 aliphatic carbocycles. The molecule has 4 rings (SSSR count). The summed E-state index contributed by atoms with van der Waals surface area (Å²) >= 11 is 0. The fraction of sp³-hybridized carbons (Fsp3) is 0.310. The van der Waals surface area contributed by atoms with E-state index in [-0.39, 0.29) is 16.8 Å². The summed E-state index contributed by atoms with van der Waals surface area (Å²) in [5.41, 5.74) is 1.02. The standard InChI is InChI=1S/C29H33N3O5S/c1-2-37-24-17-19-25(20-18-24)38(35,36)32(23-13-7-4-8-14-23)21-28(33)31-27-16-10-9-15-26(27)29(34)30-22-11-5-3-6-12-22/h4,7-10,13-20,22H,2-3,5-6,11-12,21H2,1H3,(H,30,34)(H,31,33). The van der Waals surface area contributed by atoms with Crippen LogP contribution in [0.5, 0.6) is 5.75 Å². The zero-order valence-corrected chi connectivity index (χ0v) is 22.2. The van der Waals surface area contributed by atoms with E-state index in [9.17, 15) is 18.0 Å². The summed E-state index contributed by atoms with van der Waals surface area (Å²) in [5, 5.41) is 5.82. The number of rotatable bonds is 10. The minimum atomic E-state index is -4.08. The predicted octanol–water partition coefficient (Wildman–Crippen LogP) is 4.98. The van der Waals surface area contributed by atoms with Crippen LogP contribution in [0.1, 0.15) is 49.4 Å². The van der Waals surface area contributed by atoms with Gasteiger partial charge in [-0.05, 0) is 68.3 Å². The van der Waals surface area contributed by atoms with E-state index in [1.54, 1.807) is 66.7 Å². The molecule has 3 aromatic carbocycles. The maximum absolute atomic E-state index is 13.6. The van der Waals surface area contributed by atoms with Gasteiger partial charge in [-0.1, -0.05) is 49.6 Å². The predicted molar refractivity (Wildman–Crippen MR) is 148 cm³/mol. The summed E-state index contributed by atoms with van der Waals surface area (Å²) in [6, 6.07) is 21.4. The van der Waals surface area contributed by atoms with Crippen molar-refractivity contribution >= 4 is 33.2 Å². The van der Waals surface area contributed by atoms with Gasteiger partial charge in [0.15, 0.2) is 0 Å². The van der Waals surface area contributed by atoms with Crippen LogP contribution in [-0.2, 0) is 14.8 Å². The highest BCUT2D eigenvalue weighted by atomic mass is 32.2. The molecule has 0 aliphatic heterocycles. The van der Waals surface area contributed by atoms with Gasteiger partial charge in [0.1, 0.15) is 12.3 Å². The van der Waals surface area contributed by atoms with Crippen LogP contribution in [0, 0.1) is 0 Å². The van der Waals surface area contributed by atoms with Crippen LogP contribution in [0.15, 0.2) is 83.8 Å². The molecule has 1 fully saturated rings. The summed E-state index contributed by atoms with van der Waals surface area (Å²) < 4.78 is 33.7. The van der Waals surface area contributed by atoms with E-state index in [1.165, 1.54) is 18.6 Å². The van der Waals surface area contributed by atoms with Crippen molar-refractivity contribution in [3.05, 3.63) is 84.4 Å². The van der Waals surface area contributed by atoms with Crippen molar-refractivity contribution in [2.75, 3.05) is 22.8 Å². The molecule has 0 spiro atoms. The van der Waals surface area contributed by atoms with Gasteiger partial charge >= 0.3 is 0 Å². The van der Waals surface area contributed by atoms with Crippen LogP contribution in [-0.4, -0.2) is 39.4 Å². The van der Waals surface area contributed by atoms with Crippen molar-refractivity contribution in [1.82, 2.24) is 5.32 Å². The first kappa shape index (κ1) is 27.2. The largest absolute Gasteiger partial charge is 0.494 e. The van der Waals surface area contributed by atoms with Crippen LogP contribution in [0.3, 0.4) is 0 Å². The number of nitrogens with one attached hydrogen (secondary N) is 2. The second-order valence-corrected chi connectivity index (χ2v) is 11.0. The summed E-state index contributed by atoms with van der Waals surface area (Å²) in [7, 11) is -4.08. The Balaban J connectivity index is 1.55. The quantitative estimate of drug-likeness (QED) is 0.381. The minimum absolute atomic E-state index is 0.0323. The number of anilines is 2. The smallest absolute Gasteiger partial charge is 0.264 e. The molecule has 2 N–H and O–H groups in total. The Morgan fingerprint density at radius 3 is 2.24 bits per heavy atom. The Hall–Kier alpha value is -3.85. The zero-order chi connectivity index (χ0) is 27.0. The van der Waals surface area contributed by atoms with E-state index < -0.39 is 22.5 Å². The number of carbonyl (C=O) groups excluding carboxylic acids is 2.